The molecule has 0 bridgehead atoms. The van der Waals surface area contributed by atoms with Crippen molar-refractivity contribution in [3.8, 4) is 6.07 Å². The summed E-state index contributed by atoms with van der Waals surface area (Å²) in [5.41, 5.74) is 1.19. The quantitative estimate of drug-likeness (QED) is 0.873. The average Bonchev–Trinajstić information content (AvgIpc) is 2.95. The van der Waals surface area contributed by atoms with Crippen molar-refractivity contribution in [2.45, 2.75) is 11.6 Å². The van der Waals surface area contributed by atoms with Gasteiger partial charge in [-0.2, -0.15) is 5.26 Å². The van der Waals surface area contributed by atoms with E-state index in [4.69, 9.17) is 9.68 Å². The summed E-state index contributed by atoms with van der Waals surface area (Å²) in [7, 11) is -2.25. The van der Waals surface area contributed by atoms with Gasteiger partial charge in [0.05, 0.1) is 17.8 Å². The molecule has 0 aliphatic heterocycles. The third-order valence-electron chi connectivity index (χ3n) is 2.67. The second-order valence-electron chi connectivity index (χ2n) is 3.94. The van der Waals surface area contributed by atoms with Crippen LogP contribution in [0.15, 0.2) is 45.9 Å². The van der Waals surface area contributed by atoms with Gasteiger partial charge in [-0.1, -0.05) is 12.1 Å². The van der Waals surface area contributed by atoms with Gasteiger partial charge < -0.3 is 9.73 Å². The molecule has 0 saturated carbocycles. The minimum atomic E-state index is -3.57. The van der Waals surface area contributed by atoms with Gasteiger partial charge in [0.1, 0.15) is 11.8 Å². The third-order valence-corrected chi connectivity index (χ3v) is 3.96. The van der Waals surface area contributed by atoms with Crippen molar-refractivity contribution in [1.82, 2.24) is 4.72 Å². The van der Waals surface area contributed by atoms with E-state index in [0.717, 1.165) is 0 Å². The van der Waals surface area contributed by atoms with E-state index >= 15 is 0 Å². The molecule has 6 nitrogen and oxygen atoms in total. The number of hydrogen-bond donors (Lipinski definition) is 2. The number of benzene rings is 1. The van der Waals surface area contributed by atoms with E-state index < -0.39 is 10.0 Å². The van der Waals surface area contributed by atoms with Crippen LogP contribution in [-0.2, 0) is 16.6 Å². The van der Waals surface area contributed by atoms with Crippen LogP contribution in [0.2, 0.25) is 0 Å². The summed E-state index contributed by atoms with van der Waals surface area (Å²) in [4.78, 5) is 0. The zero-order valence-corrected chi connectivity index (χ0v) is 11.6. The first-order chi connectivity index (χ1) is 9.56. The van der Waals surface area contributed by atoms with Crippen molar-refractivity contribution < 1.29 is 12.8 Å². The highest BCUT2D eigenvalue weighted by atomic mass is 32.2. The van der Waals surface area contributed by atoms with Gasteiger partial charge in [0.2, 0.25) is 5.09 Å². The lowest BCUT2D eigenvalue weighted by Crippen LogP contribution is -2.17. The molecule has 1 heterocycles. The Bertz CT molecular complexity index is 744. The second-order valence-corrected chi connectivity index (χ2v) is 5.76. The molecule has 1 aromatic carbocycles. The molecular weight excluding hydrogens is 278 g/mol. The molecule has 7 heteroatoms. The summed E-state index contributed by atoms with van der Waals surface area (Å²) in [5.74, 6) is 0.464. The van der Waals surface area contributed by atoms with Crippen LogP contribution in [0.25, 0.3) is 0 Å². The number of furan rings is 1. The van der Waals surface area contributed by atoms with Gasteiger partial charge >= 0.3 is 0 Å². The number of rotatable bonds is 5. The summed E-state index contributed by atoms with van der Waals surface area (Å²) in [6, 6.07) is 12.1. The number of nitrogens with one attached hydrogen (secondary N) is 2. The summed E-state index contributed by atoms with van der Waals surface area (Å²) in [6.45, 7) is 0.290. The van der Waals surface area contributed by atoms with Crippen LogP contribution < -0.4 is 10.0 Å². The maximum absolute atomic E-state index is 11.5. The summed E-state index contributed by atoms with van der Waals surface area (Å²) in [6.07, 6.45) is 0. The molecule has 0 aliphatic carbocycles. The molecule has 0 radical (unpaired) electrons. The smallest absolute Gasteiger partial charge is 0.273 e. The largest absolute Gasteiger partial charge is 0.446 e. The van der Waals surface area contributed by atoms with E-state index in [-0.39, 0.29) is 11.6 Å². The summed E-state index contributed by atoms with van der Waals surface area (Å²) >= 11 is 0. The Kier molecular flexibility index (Phi) is 4.08. The van der Waals surface area contributed by atoms with Crippen molar-refractivity contribution in [1.29, 1.82) is 5.26 Å². The van der Waals surface area contributed by atoms with Gasteiger partial charge in [0.25, 0.3) is 10.0 Å². The molecule has 2 aromatic rings. The highest BCUT2D eigenvalue weighted by molar-refractivity contribution is 7.89. The van der Waals surface area contributed by atoms with Gasteiger partial charge in [0, 0.05) is 0 Å². The van der Waals surface area contributed by atoms with Crippen molar-refractivity contribution in [2.75, 3.05) is 12.4 Å². The number of anilines is 1. The maximum Gasteiger partial charge on any atom is 0.273 e. The minimum Gasteiger partial charge on any atom is -0.446 e. The van der Waals surface area contributed by atoms with Crippen molar-refractivity contribution >= 4 is 15.7 Å². The number of hydrogen-bond acceptors (Lipinski definition) is 5. The number of sulfonamides is 1. The van der Waals surface area contributed by atoms with Crippen LogP contribution in [0.5, 0.6) is 0 Å². The Balaban J connectivity index is 2.11. The standard InChI is InChI=1S/C13H13N3O3S/c1-15-20(17,18)13-7-6-11(19-13)9-16-12-5-3-2-4-10(12)8-14/h2-7,15-16H,9H2,1H3. The van der Waals surface area contributed by atoms with E-state index in [1.165, 1.54) is 13.1 Å². The van der Waals surface area contributed by atoms with Crippen molar-refractivity contribution in [3.63, 3.8) is 0 Å². The molecule has 0 unspecified atom stereocenters. The van der Waals surface area contributed by atoms with E-state index in [1.54, 1.807) is 24.3 Å². The summed E-state index contributed by atoms with van der Waals surface area (Å²) in [5, 5.41) is 11.9. The van der Waals surface area contributed by atoms with E-state index in [2.05, 4.69) is 16.1 Å². The Morgan fingerprint density at radius 2 is 2.00 bits per heavy atom. The molecule has 0 amide bonds. The molecule has 20 heavy (non-hydrogen) atoms. The van der Waals surface area contributed by atoms with Gasteiger partial charge in [-0.05, 0) is 31.3 Å². The normalized spacial score (nSPS) is 11.0. The number of nitriles is 1. The molecule has 0 spiro atoms. The Morgan fingerprint density at radius 3 is 2.70 bits per heavy atom. The van der Waals surface area contributed by atoms with E-state index in [1.807, 2.05) is 6.07 Å². The molecular formula is C13H13N3O3S. The van der Waals surface area contributed by atoms with Gasteiger partial charge in [-0.3, -0.25) is 0 Å². The van der Waals surface area contributed by atoms with Crippen molar-refractivity contribution in [3.05, 3.63) is 47.7 Å². The highest BCUT2D eigenvalue weighted by Crippen LogP contribution is 2.17. The lowest BCUT2D eigenvalue weighted by Gasteiger charge is -2.05. The molecule has 0 saturated heterocycles. The van der Waals surface area contributed by atoms with Crippen LogP contribution in [0, 0.1) is 11.3 Å². The predicted octanol–water partition coefficient (Wildman–Crippen LogP) is 1.67. The topological polar surface area (TPSA) is 95.1 Å². The van der Waals surface area contributed by atoms with Gasteiger partial charge in [-0.15, -0.1) is 0 Å². The predicted molar refractivity (Wildman–Crippen MR) is 73.4 cm³/mol. The van der Waals surface area contributed by atoms with Crippen LogP contribution in [-0.4, -0.2) is 15.5 Å². The van der Waals surface area contributed by atoms with Crippen LogP contribution >= 0.6 is 0 Å². The zero-order valence-electron chi connectivity index (χ0n) is 10.8. The molecule has 2 rings (SSSR count). The fourth-order valence-electron chi connectivity index (χ4n) is 1.62. The average molecular weight is 291 g/mol. The van der Waals surface area contributed by atoms with Crippen LogP contribution in [0.1, 0.15) is 11.3 Å². The van der Waals surface area contributed by atoms with Crippen molar-refractivity contribution in [2.24, 2.45) is 0 Å². The Morgan fingerprint density at radius 1 is 1.25 bits per heavy atom. The third kappa shape index (κ3) is 2.99. The lowest BCUT2D eigenvalue weighted by atomic mass is 10.2. The van der Waals surface area contributed by atoms with E-state index in [0.29, 0.717) is 17.0 Å². The van der Waals surface area contributed by atoms with Gasteiger partial charge in [0.15, 0.2) is 0 Å². The van der Waals surface area contributed by atoms with Gasteiger partial charge in [-0.25, -0.2) is 13.1 Å². The molecule has 0 atom stereocenters. The first-order valence-electron chi connectivity index (χ1n) is 5.82. The monoisotopic (exact) mass is 291 g/mol. The number of para-hydroxylation sites is 1. The number of nitrogens with zero attached hydrogens (tertiary/aromatic N) is 1. The second kappa shape index (κ2) is 5.77. The maximum atomic E-state index is 11.5. The Hall–Kier alpha value is -2.30. The fourth-order valence-corrected chi connectivity index (χ4v) is 2.28. The zero-order chi connectivity index (χ0) is 14.6. The first-order valence-corrected chi connectivity index (χ1v) is 7.30. The fraction of sp³-hybridized carbons (Fsp3) is 0.154. The van der Waals surface area contributed by atoms with E-state index in [9.17, 15) is 8.42 Å². The van der Waals surface area contributed by atoms with Crippen LogP contribution in [0.4, 0.5) is 5.69 Å². The minimum absolute atomic E-state index is 0.134. The molecule has 0 aliphatic rings. The molecule has 1 aromatic heterocycles. The van der Waals surface area contributed by atoms with Crippen LogP contribution in [0.3, 0.4) is 0 Å². The summed E-state index contributed by atoms with van der Waals surface area (Å²) < 4.78 is 30.5. The first kappa shape index (κ1) is 14.1. The highest BCUT2D eigenvalue weighted by Gasteiger charge is 2.16. The lowest BCUT2D eigenvalue weighted by molar-refractivity contribution is 0.417. The SMILES string of the molecule is CNS(=O)(=O)c1ccc(CNc2ccccc2C#N)o1. The molecule has 104 valence electrons. The molecule has 2 N–H and O–H groups in total. The molecule has 0 fully saturated rings. The Labute approximate surface area is 117 Å².